The third-order valence-electron chi connectivity index (χ3n) is 6.06. The Balaban J connectivity index is 1.44. The second-order valence-corrected chi connectivity index (χ2v) is 11.2. The number of thioether (sulfide) groups is 1. The fourth-order valence-corrected chi connectivity index (χ4v) is 6.58. The summed E-state index contributed by atoms with van der Waals surface area (Å²) in [5.41, 5.74) is 1.26. The number of fused-ring (bicyclic) bond motifs is 1. The minimum atomic E-state index is -3.11. The first-order chi connectivity index (χ1) is 12.0. The highest BCUT2D eigenvalue weighted by Crippen LogP contribution is 2.35. The van der Waals surface area contributed by atoms with Crippen LogP contribution < -0.4 is 5.32 Å². The zero-order chi connectivity index (χ0) is 17.4. The van der Waals surface area contributed by atoms with Crippen LogP contribution in [0.1, 0.15) is 37.2 Å². The van der Waals surface area contributed by atoms with Gasteiger partial charge < -0.3 is 5.32 Å². The van der Waals surface area contributed by atoms with Crippen molar-refractivity contribution >= 4 is 21.6 Å². The highest BCUT2D eigenvalue weighted by molar-refractivity contribution is 8.00. The summed E-state index contributed by atoms with van der Waals surface area (Å²) >= 11 is 2.15. The van der Waals surface area contributed by atoms with E-state index in [1.54, 1.807) is 12.1 Å². The van der Waals surface area contributed by atoms with Gasteiger partial charge in [-0.1, -0.05) is 12.1 Å². The van der Waals surface area contributed by atoms with Crippen LogP contribution >= 0.6 is 11.8 Å². The van der Waals surface area contributed by atoms with Crippen LogP contribution in [0.5, 0.6) is 0 Å². The molecule has 6 heteroatoms. The van der Waals surface area contributed by atoms with Crippen LogP contribution in [0.25, 0.3) is 0 Å². The van der Waals surface area contributed by atoms with Crippen molar-refractivity contribution in [2.75, 3.05) is 31.6 Å². The molecule has 25 heavy (non-hydrogen) atoms. The maximum Gasteiger partial charge on any atom is 0.175 e. The lowest BCUT2D eigenvalue weighted by Crippen LogP contribution is -2.50. The van der Waals surface area contributed by atoms with E-state index in [4.69, 9.17) is 0 Å². The number of piperidine rings is 1. The van der Waals surface area contributed by atoms with E-state index in [9.17, 15) is 8.42 Å². The average Bonchev–Trinajstić information content (AvgIpc) is 3.24. The number of hydrogen-bond donors (Lipinski definition) is 1. The fourth-order valence-electron chi connectivity index (χ4n) is 4.66. The number of benzene rings is 1. The number of nitrogens with one attached hydrogen (secondary N) is 1. The van der Waals surface area contributed by atoms with E-state index in [2.05, 4.69) is 22.0 Å². The molecule has 4 unspecified atom stereocenters. The van der Waals surface area contributed by atoms with Gasteiger partial charge in [-0.15, -0.1) is 0 Å². The molecule has 4 rings (SSSR count). The Labute approximate surface area is 155 Å². The van der Waals surface area contributed by atoms with E-state index in [1.807, 2.05) is 12.1 Å². The summed E-state index contributed by atoms with van der Waals surface area (Å²) in [6.45, 7) is 3.47. The molecule has 3 heterocycles. The summed E-state index contributed by atoms with van der Waals surface area (Å²) in [5.74, 6) is 1.81. The van der Waals surface area contributed by atoms with E-state index in [1.165, 1.54) is 56.3 Å². The minimum Gasteiger partial charge on any atom is -0.312 e. The molecule has 0 aromatic heterocycles. The van der Waals surface area contributed by atoms with Gasteiger partial charge in [0.15, 0.2) is 9.84 Å². The second kappa shape index (κ2) is 7.22. The number of likely N-dealkylation sites (tertiary alicyclic amines) is 1. The van der Waals surface area contributed by atoms with E-state index < -0.39 is 9.84 Å². The quantitative estimate of drug-likeness (QED) is 0.870. The number of nitrogens with zero attached hydrogens (tertiary/aromatic N) is 1. The molecule has 138 valence electrons. The molecule has 1 aromatic carbocycles. The smallest absolute Gasteiger partial charge is 0.175 e. The lowest BCUT2D eigenvalue weighted by atomic mass is 9.86. The van der Waals surface area contributed by atoms with Gasteiger partial charge in [-0.25, -0.2) is 8.42 Å². The Hall–Kier alpha value is -0.560. The van der Waals surface area contributed by atoms with Gasteiger partial charge in [-0.2, -0.15) is 11.8 Å². The monoisotopic (exact) mass is 380 g/mol. The van der Waals surface area contributed by atoms with Crippen LogP contribution in [0.4, 0.5) is 0 Å². The maximum absolute atomic E-state index is 11.7. The first-order valence-electron chi connectivity index (χ1n) is 9.40. The lowest BCUT2D eigenvalue weighted by molar-refractivity contribution is 0.189. The molecule has 0 aliphatic carbocycles. The molecule has 4 nitrogen and oxygen atoms in total. The van der Waals surface area contributed by atoms with Gasteiger partial charge in [0.05, 0.1) is 4.90 Å². The Morgan fingerprint density at radius 1 is 1.24 bits per heavy atom. The average molecular weight is 381 g/mol. The normalized spacial score (nSPS) is 33.5. The van der Waals surface area contributed by atoms with Gasteiger partial charge in [-0.05, 0) is 55.1 Å². The molecule has 3 saturated heterocycles. The summed E-state index contributed by atoms with van der Waals surface area (Å²) in [4.78, 5) is 3.14. The van der Waals surface area contributed by atoms with E-state index in [0.717, 1.165) is 11.8 Å². The van der Waals surface area contributed by atoms with Gasteiger partial charge in [-0.3, -0.25) is 4.90 Å². The van der Waals surface area contributed by atoms with Crippen molar-refractivity contribution in [1.29, 1.82) is 0 Å². The Morgan fingerprint density at radius 3 is 2.72 bits per heavy atom. The standard InChI is InChI=1S/C19H28N2O2S2/c1-25(22,23)17-6-4-14(5-7-17)15-11-19-18(20-12-15)8-9-21(19)13-16-3-2-10-24-16/h4-7,15-16,18-20H,2-3,8-13H2,1H3. The number of rotatable bonds is 4. The zero-order valence-electron chi connectivity index (χ0n) is 14.9. The first kappa shape index (κ1) is 17.8. The van der Waals surface area contributed by atoms with E-state index in [-0.39, 0.29) is 0 Å². The van der Waals surface area contributed by atoms with Gasteiger partial charge in [0, 0.05) is 43.2 Å². The first-order valence-corrected chi connectivity index (χ1v) is 12.3. The Morgan fingerprint density at radius 2 is 2.04 bits per heavy atom. The van der Waals surface area contributed by atoms with Gasteiger partial charge in [0.25, 0.3) is 0 Å². The van der Waals surface area contributed by atoms with Crippen LogP contribution in [0, 0.1) is 0 Å². The molecule has 0 radical (unpaired) electrons. The Bertz CT molecular complexity index is 699. The fraction of sp³-hybridized carbons (Fsp3) is 0.684. The van der Waals surface area contributed by atoms with Crippen LogP contribution in [0.3, 0.4) is 0 Å². The summed E-state index contributed by atoms with van der Waals surface area (Å²) < 4.78 is 23.3. The van der Waals surface area contributed by atoms with Crippen LogP contribution in [-0.2, 0) is 9.84 Å². The molecule has 3 fully saturated rings. The van der Waals surface area contributed by atoms with Crippen molar-refractivity contribution in [1.82, 2.24) is 10.2 Å². The molecule has 3 aliphatic heterocycles. The van der Waals surface area contributed by atoms with Gasteiger partial charge >= 0.3 is 0 Å². The highest BCUT2D eigenvalue weighted by atomic mass is 32.2. The van der Waals surface area contributed by atoms with Crippen molar-refractivity contribution in [3.8, 4) is 0 Å². The minimum absolute atomic E-state index is 0.415. The summed E-state index contributed by atoms with van der Waals surface area (Å²) in [5, 5.41) is 4.59. The largest absolute Gasteiger partial charge is 0.312 e. The van der Waals surface area contributed by atoms with Gasteiger partial charge in [0.2, 0.25) is 0 Å². The van der Waals surface area contributed by atoms with Crippen molar-refractivity contribution < 1.29 is 8.42 Å². The molecule has 0 amide bonds. The maximum atomic E-state index is 11.7. The lowest BCUT2D eigenvalue weighted by Gasteiger charge is -2.38. The van der Waals surface area contributed by atoms with Crippen molar-refractivity contribution in [3.63, 3.8) is 0 Å². The molecular formula is C19H28N2O2S2. The van der Waals surface area contributed by atoms with Crippen LogP contribution in [0.15, 0.2) is 29.2 Å². The predicted molar refractivity (Wildman–Crippen MR) is 104 cm³/mol. The summed E-state index contributed by atoms with van der Waals surface area (Å²) in [6, 6.07) is 8.81. The molecule has 0 spiro atoms. The zero-order valence-corrected chi connectivity index (χ0v) is 16.5. The molecule has 0 bridgehead atoms. The Kier molecular flexibility index (Phi) is 5.15. The summed E-state index contributed by atoms with van der Waals surface area (Å²) in [7, 11) is -3.11. The van der Waals surface area contributed by atoms with Gasteiger partial charge in [0.1, 0.15) is 0 Å². The SMILES string of the molecule is CS(=O)(=O)c1ccc(C2CNC3CCN(CC4CCCS4)C3C2)cc1. The predicted octanol–water partition coefficient (Wildman–Crippen LogP) is 2.51. The number of sulfone groups is 1. The molecule has 4 atom stereocenters. The molecular weight excluding hydrogens is 352 g/mol. The van der Waals surface area contributed by atoms with E-state index >= 15 is 0 Å². The second-order valence-electron chi connectivity index (χ2n) is 7.77. The van der Waals surface area contributed by atoms with Crippen molar-refractivity contribution in [2.45, 2.75) is 53.8 Å². The van der Waals surface area contributed by atoms with Crippen molar-refractivity contribution in [3.05, 3.63) is 29.8 Å². The van der Waals surface area contributed by atoms with E-state index in [0.29, 0.717) is 22.9 Å². The third-order valence-corrected chi connectivity index (χ3v) is 8.56. The molecule has 0 saturated carbocycles. The molecule has 1 N–H and O–H groups in total. The number of hydrogen-bond acceptors (Lipinski definition) is 5. The topological polar surface area (TPSA) is 49.4 Å². The van der Waals surface area contributed by atoms with Crippen LogP contribution in [-0.4, -0.2) is 62.3 Å². The van der Waals surface area contributed by atoms with Crippen molar-refractivity contribution in [2.24, 2.45) is 0 Å². The highest BCUT2D eigenvalue weighted by Gasteiger charge is 2.40. The van der Waals surface area contributed by atoms with Crippen LogP contribution in [0.2, 0.25) is 0 Å². The third kappa shape index (κ3) is 3.92. The summed E-state index contributed by atoms with van der Waals surface area (Å²) in [6.07, 6.45) is 6.48. The molecule has 3 aliphatic rings. The molecule has 1 aromatic rings.